The van der Waals surface area contributed by atoms with Gasteiger partial charge in [-0.15, -0.1) is 0 Å². The molecule has 1 fully saturated rings. The lowest BCUT2D eigenvalue weighted by Crippen LogP contribution is -2.35. The van der Waals surface area contributed by atoms with Crippen molar-refractivity contribution < 1.29 is 4.92 Å². The summed E-state index contributed by atoms with van der Waals surface area (Å²) in [7, 11) is 0. The summed E-state index contributed by atoms with van der Waals surface area (Å²) in [5, 5.41) is 14.3. The van der Waals surface area contributed by atoms with Gasteiger partial charge in [0, 0.05) is 31.3 Å². The Morgan fingerprint density at radius 1 is 1.17 bits per heavy atom. The highest BCUT2D eigenvalue weighted by molar-refractivity contribution is 5.25. The Bertz CT molecular complexity index is 758. The third-order valence-corrected chi connectivity index (χ3v) is 4.68. The van der Waals surface area contributed by atoms with Gasteiger partial charge in [-0.3, -0.25) is 14.9 Å². The van der Waals surface area contributed by atoms with Gasteiger partial charge in [-0.25, -0.2) is 0 Å². The minimum Gasteiger partial charge on any atom is -0.312 e. The van der Waals surface area contributed by atoms with Crippen LogP contribution in [0.4, 0.5) is 5.69 Å². The van der Waals surface area contributed by atoms with Crippen molar-refractivity contribution in [2.75, 3.05) is 6.54 Å². The number of nitro groups is 1. The fourth-order valence-electron chi connectivity index (χ4n) is 3.48. The largest absolute Gasteiger partial charge is 0.312 e. The van der Waals surface area contributed by atoms with E-state index in [2.05, 4.69) is 29.6 Å². The Labute approximate surface area is 140 Å². The standard InChI is InChI=1S/C18H21N3O3/c22-18-10-9-15(21(23)24)13-20(18)12-11-19-17-8-4-7-16(17)14-5-2-1-3-6-14/h1-3,5-6,9-10,13,16-17,19H,4,7-8,11-12H2/t16-,17+/m1/s1. The second-order valence-electron chi connectivity index (χ2n) is 6.18. The number of hydrogen-bond donors (Lipinski definition) is 1. The summed E-state index contributed by atoms with van der Waals surface area (Å²) in [4.78, 5) is 22.2. The monoisotopic (exact) mass is 327 g/mol. The van der Waals surface area contributed by atoms with Crippen LogP contribution in [0.15, 0.2) is 53.5 Å². The van der Waals surface area contributed by atoms with Gasteiger partial charge in [-0.05, 0) is 24.3 Å². The van der Waals surface area contributed by atoms with Gasteiger partial charge in [0.25, 0.3) is 11.2 Å². The fourth-order valence-corrected chi connectivity index (χ4v) is 3.48. The average Bonchev–Trinajstić information content (AvgIpc) is 3.05. The maximum absolute atomic E-state index is 11.8. The molecule has 2 atom stereocenters. The molecule has 0 unspecified atom stereocenters. The van der Waals surface area contributed by atoms with Crippen LogP contribution in [0.25, 0.3) is 0 Å². The van der Waals surface area contributed by atoms with Crippen LogP contribution in [0, 0.1) is 10.1 Å². The van der Waals surface area contributed by atoms with Crippen molar-refractivity contribution in [3.8, 4) is 0 Å². The van der Waals surface area contributed by atoms with E-state index in [-0.39, 0.29) is 11.2 Å². The molecule has 0 bridgehead atoms. The zero-order valence-corrected chi connectivity index (χ0v) is 13.4. The van der Waals surface area contributed by atoms with E-state index >= 15 is 0 Å². The summed E-state index contributed by atoms with van der Waals surface area (Å²) >= 11 is 0. The summed E-state index contributed by atoms with van der Waals surface area (Å²) in [5.74, 6) is 0.494. The van der Waals surface area contributed by atoms with Crippen LogP contribution in [0.5, 0.6) is 0 Å². The van der Waals surface area contributed by atoms with Crippen molar-refractivity contribution in [1.82, 2.24) is 9.88 Å². The number of hydrogen-bond acceptors (Lipinski definition) is 4. The van der Waals surface area contributed by atoms with Gasteiger partial charge in [0.2, 0.25) is 0 Å². The molecule has 0 radical (unpaired) electrons. The molecule has 0 saturated heterocycles. The van der Waals surface area contributed by atoms with Gasteiger partial charge in [-0.1, -0.05) is 36.8 Å². The third-order valence-electron chi connectivity index (χ3n) is 4.68. The van der Waals surface area contributed by atoms with Gasteiger partial charge >= 0.3 is 0 Å². The van der Waals surface area contributed by atoms with Crippen molar-refractivity contribution in [1.29, 1.82) is 0 Å². The summed E-state index contributed by atoms with van der Waals surface area (Å²) in [6.07, 6.45) is 4.78. The first kappa shape index (κ1) is 16.4. The lowest BCUT2D eigenvalue weighted by molar-refractivity contribution is -0.385. The molecule has 1 aromatic heterocycles. The Balaban J connectivity index is 1.61. The molecular weight excluding hydrogens is 306 g/mol. The predicted molar refractivity (Wildman–Crippen MR) is 92.2 cm³/mol. The molecule has 1 saturated carbocycles. The van der Waals surface area contributed by atoms with Crippen LogP contribution in [-0.2, 0) is 6.54 Å². The minimum absolute atomic E-state index is 0.0578. The molecule has 6 nitrogen and oxygen atoms in total. The number of rotatable bonds is 6. The van der Waals surface area contributed by atoms with Crippen LogP contribution >= 0.6 is 0 Å². The van der Waals surface area contributed by atoms with E-state index in [1.54, 1.807) is 0 Å². The number of benzene rings is 1. The summed E-state index contributed by atoms with van der Waals surface area (Å²) in [6, 6.07) is 13.4. The number of pyridine rings is 1. The minimum atomic E-state index is -0.480. The lowest BCUT2D eigenvalue weighted by Gasteiger charge is -2.21. The molecule has 2 aromatic rings. The van der Waals surface area contributed by atoms with E-state index in [1.165, 1.54) is 41.3 Å². The van der Waals surface area contributed by atoms with Crippen molar-refractivity contribution in [2.45, 2.75) is 37.8 Å². The van der Waals surface area contributed by atoms with E-state index in [1.807, 2.05) is 6.07 Å². The van der Waals surface area contributed by atoms with E-state index in [9.17, 15) is 14.9 Å². The molecule has 6 heteroatoms. The van der Waals surface area contributed by atoms with Crippen LogP contribution in [-0.4, -0.2) is 22.1 Å². The molecular formula is C18H21N3O3. The quantitative estimate of drug-likeness (QED) is 0.653. The smallest absolute Gasteiger partial charge is 0.285 e. The number of aromatic nitrogens is 1. The maximum atomic E-state index is 11.8. The zero-order chi connectivity index (χ0) is 16.9. The molecule has 0 spiro atoms. The maximum Gasteiger partial charge on any atom is 0.285 e. The Kier molecular flexibility index (Phi) is 5.05. The van der Waals surface area contributed by atoms with Crippen molar-refractivity contribution in [3.05, 3.63) is 74.7 Å². The predicted octanol–water partition coefficient (Wildman–Crippen LogP) is 2.68. The van der Waals surface area contributed by atoms with Crippen LogP contribution in [0.3, 0.4) is 0 Å². The average molecular weight is 327 g/mol. The van der Waals surface area contributed by atoms with Gasteiger partial charge in [0.15, 0.2) is 0 Å². The molecule has 1 aromatic carbocycles. The molecule has 0 amide bonds. The molecule has 3 rings (SSSR count). The number of nitrogens with zero attached hydrogens (tertiary/aromatic N) is 2. The van der Waals surface area contributed by atoms with Gasteiger partial charge in [0.05, 0.1) is 11.1 Å². The topological polar surface area (TPSA) is 77.2 Å². The van der Waals surface area contributed by atoms with Gasteiger partial charge < -0.3 is 9.88 Å². The highest BCUT2D eigenvalue weighted by Gasteiger charge is 2.27. The first-order chi connectivity index (χ1) is 11.6. The second-order valence-corrected chi connectivity index (χ2v) is 6.18. The zero-order valence-electron chi connectivity index (χ0n) is 13.4. The molecule has 0 aliphatic heterocycles. The summed E-state index contributed by atoms with van der Waals surface area (Å²) in [6.45, 7) is 1.05. The molecule has 1 aliphatic carbocycles. The molecule has 126 valence electrons. The normalized spacial score (nSPS) is 20.2. The molecule has 24 heavy (non-hydrogen) atoms. The van der Waals surface area contributed by atoms with E-state index in [0.717, 1.165) is 6.42 Å². The van der Waals surface area contributed by atoms with Crippen molar-refractivity contribution >= 4 is 5.69 Å². The lowest BCUT2D eigenvalue weighted by atomic mass is 9.94. The van der Waals surface area contributed by atoms with Crippen molar-refractivity contribution in [2.24, 2.45) is 0 Å². The van der Waals surface area contributed by atoms with E-state index in [4.69, 9.17) is 0 Å². The van der Waals surface area contributed by atoms with Crippen molar-refractivity contribution in [3.63, 3.8) is 0 Å². The van der Waals surface area contributed by atoms with E-state index < -0.39 is 4.92 Å². The van der Waals surface area contributed by atoms with E-state index in [0.29, 0.717) is 25.0 Å². The van der Waals surface area contributed by atoms with Gasteiger partial charge in [0.1, 0.15) is 0 Å². The SMILES string of the molecule is O=c1ccc([N+](=O)[O-])cn1CCN[C@H]1CCC[C@@H]1c1ccccc1. The Morgan fingerprint density at radius 2 is 1.96 bits per heavy atom. The Morgan fingerprint density at radius 3 is 2.71 bits per heavy atom. The fraction of sp³-hybridized carbons (Fsp3) is 0.389. The first-order valence-electron chi connectivity index (χ1n) is 8.28. The second kappa shape index (κ2) is 7.40. The third kappa shape index (κ3) is 3.71. The molecule has 1 heterocycles. The molecule has 1 N–H and O–H groups in total. The van der Waals surface area contributed by atoms with Crippen LogP contribution in [0.1, 0.15) is 30.7 Å². The molecule has 1 aliphatic rings. The Hall–Kier alpha value is -2.47. The van der Waals surface area contributed by atoms with Crippen LogP contribution in [0.2, 0.25) is 0 Å². The summed E-state index contributed by atoms with van der Waals surface area (Å²) < 4.78 is 1.40. The first-order valence-corrected chi connectivity index (χ1v) is 8.28. The summed E-state index contributed by atoms with van der Waals surface area (Å²) in [5.41, 5.74) is 1.08. The van der Waals surface area contributed by atoms with Crippen LogP contribution < -0.4 is 10.9 Å². The highest BCUT2D eigenvalue weighted by atomic mass is 16.6. The highest BCUT2D eigenvalue weighted by Crippen LogP contribution is 2.34. The number of nitrogens with one attached hydrogen (secondary N) is 1. The van der Waals surface area contributed by atoms with Gasteiger partial charge in [-0.2, -0.15) is 0 Å².